The van der Waals surface area contributed by atoms with Gasteiger partial charge in [-0.3, -0.25) is 14.5 Å². The molecule has 6 nitrogen and oxygen atoms in total. The second-order valence-corrected chi connectivity index (χ2v) is 10.1. The first kappa shape index (κ1) is 21.2. The highest BCUT2D eigenvalue weighted by Crippen LogP contribution is 2.36. The van der Waals surface area contributed by atoms with Crippen LogP contribution in [0.25, 0.3) is 20.9 Å². The number of sulfonamides is 1. The molecule has 166 valence electrons. The van der Waals surface area contributed by atoms with Crippen LogP contribution < -0.4 is 10.0 Å². The van der Waals surface area contributed by atoms with E-state index in [0.29, 0.717) is 23.7 Å². The lowest BCUT2D eigenvalue weighted by Crippen LogP contribution is -2.15. The molecular formula is C23H15F2N3O3S2. The topological polar surface area (TPSA) is 88.2 Å². The van der Waals surface area contributed by atoms with Crippen molar-refractivity contribution in [2.24, 2.45) is 0 Å². The molecule has 0 aliphatic carbocycles. The molecule has 3 heterocycles. The van der Waals surface area contributed by atoms with Crippen molar-refractivity contribution in [3.63, 3.8) is 0 Å². The largest absolute Gasteiger partial charge is 0.348 e. The standard InChI is InChI=1S/C23H15F2N3O3S2/c24-16-2-6-22(19(25)9-16)33(30,31)28-17-8-15(10-26-12-17)21-5-4-20(32-21)13-1-3-18-14(7-13)11-27-23(18)29/h1-10,12,28H,11H2,(H,27,29). The van der Waals surface area contributed by atoms with Crippen molar-refractivity contribution in [3.8, 4) is 20.9 Å². The lowest BCUT2D eigenvalue weighted by Gasteiger charge is -2.09. The van der Waals surface area contributed by atoms with Crippen molar-refractivity contribution in [2.75, 3.05) is 4.72 Å². The number of rotatable bonds is 5. The molecule has 0 unspecified atom stereocenters. The third kappa shape index (κ3) is 4.10. The number of carbonyl (C=O) groups is 1. The summed E-state index contributed by atoms with van der Waals surface area (Å²) in [5, 5.41) is 2.80. The zero-order valence-corrected chi connectivity index (χ0v) is 18.4. The average molecular weight is 484 g/mol. The molecular weight excluding hydrogens is 468 g/mol. The van der Waals surface area contributed by atoms with Crippen molar-refractivity contribution in [2.45, 2.75) is 11.4 Å². The van der Waals surface area contributed by atoms with Crippen molar-refractivity contribution < 1.29 is 22.0 Å². The molecule has 10 heteroatoms. The smallest absolute Gasteiger partial charge is 0.264 e. The number of amides is 1. The number of fused-ring (bicyclic) bond motifs is 1. The fraction of sp³-hybridized carbons (Fsp3) is 0.0435. The Kier molecular flexibility index (Phi) is 5.18. The summed E-state index contributed by atoms with van der Waals surface area (Å²) in [6.45, 7) is 0.501. The predicted molar refractivity (Wildman–Crippen MR) is 121 cm³/mol. The highest BCUT2D eigenvalue weighted by molar-refractivity contribution is 7.92. The third-order valence-corrected chi connectivity index (χ3v) is 7.74. The first-order valence-electron chi connectivity index (χ1n) is 9.75. The molecule has 0 saturated carbocycles. The fourth-order valence-electron chi connectivity index (χ4n) is 3.57. The summed E-state index contributed by atoms with van der Waals surface area (Å²) < 4.78 is 54.5. The molecule has 0 fully saturated rings. The molecule has 2 N–H and O–H groups in total. The van der Waals surface area contributed by atoms with Crippen LogP contribution in [0.15, 0.2) is 71.9 Å². The van der Waals surface area contributed by atoms with Gasteiger partial charge in [0.05, 0.1) is 11.9 Å². The molecule has 1 amide bonds. The van der Waals surface area contributed by atoms with E-state index in [9.17, 15) is 22.0 Å². The summed E-state index contributed by atoms with van der Waals surface area (Å²) in [4.78, 5) is 17.0. The molecule has 1 aliphatic heterocycles. The normalized spacial score (nSPS) is 13.0. The van der Waals surface area contributed by atoms with E-state index in [2.05, 4.69) is 15.0 Å². The van der Waals surface area contributed by atoms with Crippen LogP contribution in [-0.2, 0) is 16.6 Å². The van der Waals surface area contributed by atoms with E-state index in [1.54, 1.807) is 18.3 Å². The Hall–Kier alpha value is -3.63. The van der Waals surface area contributed by atoms with Crippen LogP contribution in [0.5, 0.6) is 0 Å². The molecule has 0 spiro atoms. The molecule has 0 bridgehead atoms. The van der Waals surface area contributed by atoms with E-state index >= 15 is 0 Å². The fourth-order valence-corrected chi connectivity index (χ4v) is 5.65. The Morgan fingerprint density at radius 1 is 0.939 bits per heavy atom. The molecule has 0 radical (unpaired) electrons. The monoisotopic (exact) mass is 483 g/mol. The maximum absolute atomic E-state index is 14.0. The molecule has 4 aromatic rings. The van der Waals surface area contributed by atoms with Crippen LogP contribution in [0.1, 0.15) is 15.9 Å². The van der Waals surface area contributed by atoms with E-state index < -0.39 is 26.6 Å². The summed E-state index contributed by atoms with van der Waals surface area (Å²) in [5.74, 6) is -2.12. The van der Waals surface area contributed by atoms with Gasteiger partial charge in [0, 0.05) is 39.7 Å². The maximum Gasteiger partial charge on any atom is 0.264 e. The molecule has 0 atom stereocenters. The molecule has 2 aromatic heterocycles. The number of pyridine rings is 1. The van der Waals surface area contributed by atoms with Crippen molar-refractivity contribution >= 4 is 33.0 Å². The quantitative estimate of drug-likeness (QED) is 0.427. The Labute approximate surface area is 192 Å². The zero-order valence-electron chi connectivity index (χ0n) is 16.8. The van der Waals surface area contributed by atoms with E-state index in [-0.39, 0.29) is 11.6 Å². The second-order valence-electron chi connectivity index (χ2n) is 7.36. The van der Waals surface area contributed by atoms with Gasteiger partial charge in [0.15, 0.2) is 0 Å². The van der Waals surface area contributed by atoms with E-state index in [1.165, 1.54) is 17.5 Å². The van der Waals surface area contributed by atoms with E-state index in [0.717, 1.165) is 33.0 Å². The highest BCUT2D eigenvalue weighted by Gasteiger charge is 2.21. The van der Waals surface area contributed by atoms with Gasteiger partial charge in [0.2, 0.25) is 0 Å². The number of hydrogen-bond acceptors (Lipinski definition) is 5. The van der Waals surface area contributed by atoms with E-state index in [4.69, 9.17) is 0 Å². The Balaban J connectivity index is 1.41. The van der Waals surface area contributed by atoms with Crippen molar-refractivity contribution in [3.05, 3.63) is 89.8 Å². The number of carbonyl (C=O) groups excluding carboxylic acids is 1. The minimum absolute atomic E-state index is 0.0747. The number of nitrogens with one attached hydrogen (secondary N) is 2. The number of anilines is 1. The van der Waals surface area contributed by atoms with Crippen LogP contribution in [-0.4, -0.2) is 19.3 Å². The van der Waals surface area contributed by atoms with Gasteiger partial charge in [-0.15, -0.1) is 11.3 Å². The van der Waals surface area contributed by atoms with Gasteiger partial charge < -0.3 is 5.32 Å². The van der Waals surface area contributed by atoms with Crippen LogP contribution in [0.2, 0.25) is 0 Å². The first-order chi connectivity index (χ1) is 15.8. The number of thiophene rings is 1. The summed E-state index contributed by atoms with van der Waals surface area (Å²) in [7, 11) is -4.27. The lowest BCUT2D eigenvalue weighted by atomic mass is 10.1. The lowest BCUT2D eigenvalue weighted by molar-refractivity contribution is 0.0965. The molecule has 2 aromatic carbocycles. The number of hydrogen-bond donors (Lipinski definition) is 2. The SMILES string of the molecule is O=C1NCc2cc(-c3ccc(-c4cncc(NS(=O)(=O)c5ccc(F)cc5F)c4)s3)ccc21. The van der Waals surface area contributed by atoms with Crippen molar-refractivity contribution in [1.29, 1.82) is 0 Å². The number of halogens is 2. The molecule has 5 rings (SSSR count). The molecule has 1 aliphatic rings. The maximum atomic E-state index is 14.0. The Bertz CT molecular complexity index is 1520. The Morgan fingerprint density at radius 3 is 2.52 bits per heavy atom. The highest BCUT2D eigenvalue weighted by atomic mass is 32.2. The summed E-state index contributed by atoms with van der Waals surface area (Å²) in [6, 6.07) is 13.4. The van der Waals surface area contributed by atoms with Crippen molar-refractivity contribution in [1.82, 2.24) is 10.3 Å². The van der Waals surface area contributed by atoms with Gasteiger partial charge in [-0.05, 0) is 53.6 Å². The van der Waals surface area contributed by atoms with Crippen LogP contribution in [0.3, 0.4) is 0 Å². The predicted octanol–water partition coefficient (Wildman–Crippen LogP) is 4.80. The average Bonchev–Trinajstić information content (AvgIpc) is 3.40. The van der Waals surface area contributed by atoms with Gasteiger partial charge >= 0.3 is 0 Å². The summed E-state index contributed by atoms with van der Waals surface area (Å²) in [5.41, 5.74) is 3.41. The van der Waals surface area contributed by atoms with Gasteiger partial charge in [0.1, 0.15) is 16.5 Å². The van der Waals surface area contributed by atoms with Gasteiger partial charge in [-0.25, -0.2) is 17.2 Å². The summed E-state index contributed by atoms with van der Waals surface area (Å²) >= 11 is 1.49. The number of benzene rings is 2. The second kappa shape index (κ2) is 8.05. The van der Waals surface area contributed by atoms with Gasteiger partial charge in [0.25, 0.3) is 15.9 Å². The van der Waals surface area contributed by atoms with Crippen LogP contribution >= 0.6 is 11.3 Å². The molecule has 33 heavy (non-hydrogen) atoms. The first-order valence-corrected chi connectivity index (χ1v) is 12.0. The summed E-state index contributed by atoms with van der Waals surface area (Å²) in [6.07, 6.45) is 2.90. The van der Waals surface area contributed by atoms with Gasteiger partial charge in [-0.1, -0.05) is 6.07 Å². The number of aromatic nitrogens is 1. The minimum atomic E-state index is -4.27. The van der Waals surface area contributed by atoms with Gasteiger partial charge in [-0.2, -0.15) is 0 Å². The minimum Gasteiger partial charge on any atom is -0.348 e. The van der Waals surface area contributed by atoms with E-state index in [1.807, 2.05) is 24.3 Å². The Morgan fingerprint density at radius 2 is 1.73 bits per heavy atom. The van der Waals surface area contributed by atoms with Crippen LogP contribution in [0, 0.1) is 11.6 Å². The molecule has 0 saturated heterocycles. The van der Waals surface area contributed by atoms with Crippen LogP contribution in [0.4, 0.5) is 14.5 Å². The zero-order chi connectivity index (χ0) is 23.2. The third-order valence-electron chi connectivity index (χ3n) is 5.14. The number of nitrogens with zero attached hydrogens (tertiary/aromatic N) is 1.